The molecular weight excluding hydrogens is 305 g/mol. The minimum atomic E-state index is -0.458. The molecule has 118 valence electrons. The van der Waals surface area contributed by atoms with Crippen LogP contribution in [0.2, 0.25) is 5.02 Å². The van der Waals surface area contributed by atoms with Gasteiger partial charge >= 0.3 is 0 Å². The van der Waals surface area contributed by atoms with E-state index in [4.69, 9.17) is 21.1 Å². The maximum absolute atomic E-state index is 14.0. The molecular formula is C17H19ClFNO2. The van der Waals surface area contributed by atoms with Crippen LogP contribution in [-0.4, -0.2) is 32.1 Å². The lowest BCUT2D eigenvalue weighted by Gasteiger charge is -2.14. The number of rotatable bonds is 7. The molecule has 0 aliphatic carbocycles. The summed E-state index contributed by atoms with van der Waals surface area (Å²) >= 11 is 5.83. The predicted octanol–water partition coefficient (Wildman–Crippen LogP) is 4.60. The van der Waals surface area contributed by atoms with E-state index in [0.29, 0.717) is 23.1 Å². The molecule has 0 N–H and O–H groups in total. The SMILES string of the molecule is CN(C)CCCOc1cccc(F)c1Oc1ccc(Cl)cc1. The number of hydrogen-bond donors (Lipinski definition) is 0. The van der Waals surface area contributed by atoms with Gasteiger partial charge in [-0.25, -0.2) is 4.39 Å². The third kappa shape index (κ3) is 4.90. The molecule has 0 heterocycles. The maximum Gasteiger partial charge on any atom is 0.204 e. The van der Waals surface area contributed by atoms with E-state index in [0.717, 1.165) is 13.0 Å². The molecule has 0 radical (unpaired) electrons. The molecule has 3 nitrogen and oxygen atoms in total. The summed E-state index contributed by atoms with van der Waals surface area (Å²) in [5.74, 6) is 0.538. The first-order chi connectivity index (χ1) is 10.6. The van der Waals surface area contributed by atoms with Gasteiger partial charge < -0.3 is 14.4 Å². The van der Waals surface area contributed by atoms with Crippen molar-refractivity contribution in [3.05, 3.63) is 53.3 Å². The fourth-order valence-electron chi connectivity index (χ4n) is 1.89. The zero-order valence-electron chi connectivity index (χ0n) is 12.7. The molecule has 0 unspecified atom stereocenters. The minimum Gasteiger partial charge on any atom is -0.490 e. The van der Waals surface area contributed by atoms with Crippen LogP contribution in [0.5, 0.6) is 17.2 Å². The molecule has 2 aromatic rings. The van der Waals surface area contributed by atoms with Crippen LogP contribution < -0.4 is 9.47 Å². The van der Waals surface area contributed by atoms with Crippen LogP contribution in [0, 0.1) is 5.82 Å². The van der Waals surface area contributed by atoms with Crippen LogP contribution in [0.15, 0.2) is 42.5 Å². The highest BCUT2D eigenvalue weighted by Gasteiger charge is 2.12. The number of nitrogens with zero attached hydrogens (tertiary/aromatic N) is 1. The summed E-state index contributed by atoms with van der Waals surface area (Å²) in [6.07, 6.45) is 0.851. The summed E-state index contributed by atoms with van der Waals surface area (Å²) in [5, 5.41) is 0.598. The van der Waals surface area contributed by atoms with Gasteiger partial charge in [0.25, 0.3) is 0 Å². The standard InChI is InChI=1S/C17H19ClFNO2/c1-20(2)11-4-12-21-16-6-3-5-15(19)17(16)22-14-9-7-13(18)8-10-14/h3,5-10H,4,11-12H2,1-2H3. The Balaban J connectivity index is 2.07. The second-order valence-electron chi connectivity index (χ2n) is 5.13. The van der Waals surface area contributed by atoms with Crippen molar-refractivity contribution in [3.63, 3.8) is 0 Å². The van der Waals surface area contributed by atoms with Crippen molar-refractivity contribution in [2.75, 3.05) is 27.2 Å². The summed E-state index contributed by atoms with van der Waals surface area (Å²) in [6.45, 7) is 1.40. The molecule has 2 aromatic carbocycles. The lowest BCUT2D eigenvalue weighted by molar-refractivity contribution is 0.269. The van der Waals surface area contributed by atoms with Crippen LogP contribution >= 0.6 is 11.6 Å². The van der Waals surface area contributed by atoms with Crippen LogP contribution in [-0.2, 0) is 0 Å². The van der Waals surface area contributed by atoms with Gasteiger partial charge in [-0.2, -0.15) is 0 Å². The molecule has 22 heavy (non-hydrogen) atoms. The molecule has 0 aliphatic heterocycles. The summed E-state index contributed by atoms with van der Waals surface area (Å²) in [4.78, 5) is 2.07. The van der Waals surface area contributed by atoms with E-state index in [1.54, 1.807) is 36.4 Å². The average molecular weight is 324 g/mol. The highest BCUT2D eigenvalue weighted by molar-refractivity contribution is 6.30. The summed E-state index contributed by atoms with van der Waals surface area (Å²) in [6, 6.07) is 11.4. The Morgan fingerprint density at radius 3 is 2.50 bits per heavy atom. The van der Waals surface area contributed by atoms with Crippen LogP contribution in [0.1, 0.15) is 6.42 Å². The highest BCUT2D eigenvalue weighted by Crippen LogP contribution is 2.34. The fraction of sp³-hybridized carbons (Fsp3) is 0.294. The first-order valence-electron chi connectivity index (χ1n) is 7.06. The van der Waals surface area contributed by atoms with E-state index in [9.17, 15) is 4.39 Å². The second-order valence-corrected chi connectivity index (χ2v) is 5.56. The average Bonchev–Trinajstić information content (AvgIpc) is 2.48. The van der Waals surface area contributed by atoms with Crippen molar-refractivity contribution >= 4 is 11.6 Å². The number of halogens is 2. The quantitative estimate of drug-likeness (QED) is 0.695. The first-order valence-corrected chi connectivity index (χ1v) is 7.43. The van der Waals surface area contributed by atoms with Gasteiger partial charge in [0.2, 0.25) is 5.75 Å². The van der Waals surface area contributed by atoms with Gasteiger partial charge in [0.15, 0.2) is 11.6 Å². The van der Waals surface area contributed by atoms with Crippen molar-refractivity contribution in [1.82, 2.24) is 4.90 Å². The fourth-order valence-corrected chi connectivity index (χ4v) is 2.01. The van der Waals surface area contributed by atoms with Crippen LogP contribution in [0.4, 0.5) is 4.39 Å². The van der Waals surface area contributed by atoms with Gasteiger partial charge in [0.05, 0.1) is 6.61 Å². The molecule has 0 spiro atoms. The Hall–Kier alpha value is -1.78. The third-order valence-corrected chi connectivity index (χ3v) is 3.22. The second kappa shape index (κ2) is 8.01. The molecule has 0 saturated heterocycles. The molecule has 0 saturated carbocycles. The Bertz CT molecular complexity index is 602. The number of benzene rings is 2. The normalized spacial score (nSPS) is 10.8. The Labute approximate surface area is 135 Å². The van der Waals surface area contributed by atoms with Crippen molar-refractivity contribution in [2.24, 2.45) is 0 Å². The topological polar surface area (TPSA) is 21.7 Å². The van der Waals surface area contributed by atoms with E-state index < -0.39 is 5.82 Å². The number of para-hydroxylation sites is 1. The first kappa shape index (κ1) is 16.6. The lowest BCUT2D eigenvalue weighted by Crippen LogP contribution is -2.15. The zero-order chi connectivity index (χ0) is 15.9. The highest BCUT2D eigenvalue weighted by atomic mass is 35.5. The predicted molar refractivity (Wildman–Crippen MR) is 86.6 cm³/mol. The molecule has 0 atom stereocenters. The monoisotopic (exact) mass is 323 g/mol. The van der Waals surface area contributed by atoms with Crippen LogP contribution in [0.25, 0.3) is 0 Å². The molecule has 2 rings (SSSR count). The minimum absolute atomic E-state index is 0.0923. The van der Waals surface area contributed by atoms with Crippen molar-refractivity contribution in [1.29, 1.82) is 0 Å². The van der Waals surface area contributed by atoms with E-state index >= 15 is 0 Å². The van der Waals surface area contributed by atoms with Crippen molar-refractivity contribution in [2.45, 2.75) is 6.42 Å². The summed E-state index contributed by atoms with van der Waals surface area (Å²) in [7, 11) is 3.99. The van der Waals surface area contributed by atoms with Gasteiger partial charge in [0, 0.05) is 11.6 Å². The van der Waals surface area contributed by atoms with E-state index in [-0.39, 0.29) is 5.75 Å². The zero-order valence-corrected chi connectivity index (χ0v) is 13.4. The Morgan fingerprint density at radius 2 is 1.82 bits per heavy atom. The van der Waals surface area contributed by atoms with Crippen LogP contribution in [0.3, 0.4) is 0 Å². The number of hydrogen-bond acceptors (Lipinski definition) is 3. The molecule has 0 aromatic heterocycles. The Morgan fingerprint density at radius 1 is 1.09 bits per heavy atom. The third-order valence-electron chi connectivity index (χ3n) is 2.97. The Kier molecular flexibility index (Phi) is 6.04. The van der Waals surface area contributed by atoms with Gasteiger partial charge in [-0.05, 0) is 56.9 Å². The van der Waals surface area contributed by atoms with Crippen molar-refractivity contribution < 1.29 is 13.9 Å². The molecule has 0 fully saturated rings. The lowest BCUT2D eigenvalue weighted by atomic mass is 10.3. The van der Waals surface area contributed by atoms with Gasteiger partial charge in [0.1, 0.15) is 5.75 Å². The maximum atomic E-state index is 14.0. The van der Waals surface area contributed by atoms with E-state index in [1.165, 1.54) is 6.07 Å². The molecule has 0 bridgehead atoms. The van der Waals surface area contributed by atoms with E-state index in [1.807, 2.05) is 14.1 Å². The van der Waals surface area contributed by atoms with Gasteiger partial charge in [-0.1, -0.05) is 17.7 Å². The number of ether oxygens (including phenoxy) is 2. The van der Waals surface area contributed by atoms with Gasteiger partial charge in [-0.15, -0.1) is 0 Å². The molecule has 0 aliphatic rings. The summed E-state index contributed by atoms with van der Waals surface area (Å²) < 4.78 is 25.3. The smallest absolute Gasteiger partial charge is 0.204 e. The van der Waals surface area contributed by atoms with E-state index in [2.05, 4.69) is 4.90 Å². The molecule has 5 heteroatoms. The molecule has 0 amide bonds. The van der Waals surface area contributed by atoms with Gasteiger partial charge in [-0.3, -0.25) is 0 Å². The van der Waals surface area contributed by atoms with Crippen molar-refractivity contribution in [3.8, 4) is 17.2 Å². The summed E-state index contributed by atoms with van der Waals surface area (Å²) in [5.41, 5.74) is 0. The largest absolute Gasteiger partial charge is 0.490 e.